The Morgan fingerprint density at radius 1 is 0.941 bits per heavy atom. The fraction of sp³-hybridized carbons (Fsp3) is 0.652. The second-order valence-corrected chi connectivity index (χ2v) is 10.2. The molecule has 184 valence electrons. The zero-order valence-corrected chi connectivity index (χ0v) is 19.7. The first-order valence-corrected chi connectivity index (χ1v) is 10.9. The van der Waals surface area contributed by atoms with Crippen LogP contribution in [0.3, 0.4) is 0 Å². The minimum Gasteiger partial charge on any atom is -0.461 e. The summed E-state index contributed by atoms with van der Waals surface area (Å²) in [6.45, 7) is 8.90. The number of carbonyl (C=O) groups excluding carboxylic acids is 6. The lowest BCUT2D eigenvalue weighted by atomic mass is 9.52. The van der Waals surface area contributed by atoms with Crippen molar-refractivity contribution >= 4 is 35.6 Å². The van der Waals surface area contributed by atoms with E-state index < -0.39 is 82.2 Å². The smallest absolute Gasteiger partial charge is 0.351 e. The van der Waals surface area contributed by atoms with Crippen LogP contribution in [-0.4, -0.2) is 54.1 Å². The first kappa shape index (κ1) is 23.9. The number of ether oxygens (including phenoxy) is 5. The van der Waals surface area contributed by atoms with E-state index in [0.29, 0.717) is 0 Å². The number of hydrogen-bond acceptors (Lipinski definition) is 11. The van der Waals surface area contributed by atoms with E-state index in [1.54, 1.807) is 0 Å². The third-order valence-electron chi connectivity index (χ3n) is 7.27. The first-order chi connectivity index (χ1) is 15.7. The summed E-state index contributed by atoms with van der Waals surface area (Å²) in [6, 6.07) is 0. The number of allylic oxidation sites excluding steroid dienone is 1. The van der Waals surface area contributed by atoms with Crippen LogP contribution in [0, 0.1) is 28.1 Å². The van der Waals surface area contributed by atoms with Crippen LogP contribution < -0.4 is 0 Å². The Kier molecular flexibility index (Phi) is 5.19. The molecule has 11 heteroatoms. The topological polar surface area (TPSA) is 149 Å². The van der Waals surface area contributed by atoms with E-state index >= 15 is 0 Å². The molecule has 3 fully saturated rings. The van der Waals surface area contributed by atoms with E-state index in [9.17, 15) is 28.8 Å². The van der Waals surface area contributed by atoms with Gasteiger partial charge in [-0.05, 0) is 23.8 Å². The van der Waals surface area contributed by atoms with E-state index in [2.05, 4.69) is 0 Å². The van der Waals surface area contributed by atoms with Crippen LogP contribution in [0.25, 0.3) is 0 Å². The van der Waals surface area contributed by atoms with E-state index in [1.165, 1.54) is 6.08 Å². The highest BCUT2D eigenvalue weighted by molar-refractivity contribution is 6.13. The molecule has 2 saturated heterocycles. The van der Waals surface area contributed by atoms with Crippen molar-refractivity contribution in [3.8, 4) is 0 Å². The summed E-state index contributed by atoms with van der Waals surface area (Å²) in [5.74, 6) is -7.54. The maximum Gasteiger partial charge on any atom is 0.351 e. The van der Waals surface area contributed by atoms with E-state index in [4.69, 9.17) is 23.7 Å². The Morgan fingerprint density at radius 3 is 2.09 bits per heavy atom. The van der Waals surface area contributed by atoms with Crippen molar-refractivity contribution in [2.24, 2.45) is 28.1 Å². The lowest BCUT2D eigenvalue weighted by Crippen LogP contribution is -2.61. The summed E-state index contributed by atoms with van der Waals surface area (Å²) in [4.78, 5) is 75.3. The van der Waals surface area contributed by atoms with Crippen LogP contribution >= 0.6 is 0 Å². The molecule has 2 aliphatic carbocycles. The SMILES string of the molecule is CC(=O)OC1=CC23C(C[C@@H](C(C)(C)C)[C@]24[C@H](OC(C)=O)OC(=O)[C@@H]4OC(C)=O)OC(=O)[C@@H]3C1=O. The molecule has 4 rings (SSSR count). The number of rotatable bonds is 3. The molecule has 0 N–H and O–H groups in total. The molecule has 34 heavy (non-hydrogen) atoms. The van der Waals surface area contributed by atoms with Crippen LogP contribution in [0.15, 0.2) is 11.8 Å². The minimum absolute atomic E-state index is 0.148. The monoisotopic (exact) mass is 478 g/mol. The van der Waals surface area contributed by atoms with Gasteiger partial charge in [0.25, 0.3) is 6.29 Å². The molecule has 0 aromatic rings. The average Bonchev–Trinajstić information content (AvgIpc) is 3.29. The highest BCUT2D eigenvalue weighted by atomic mass is 16.7. The second-order valence-electron chi connectivity index (χ2n) is 10.2. The van der Waals surface area contributed by atoms with Gasteiger partial charge in [-0.25, -0.2) is 4.79 Å². The average molecular weight is 478 g/mol. The van der Waals surface area contributed by atoms with E-state index in [-0.39, 0.29) is 12.2 Å². The summed E-state index contributed by atoms with van der Waals surface area (Å²) in [7, 11) is 0. The predicted octanol–water partition coefficient (Wildman–Crippen LogP) is 0.974. The van der Waals surface area contributed by atoms with Crippen molar-refractivity contribution in [1.29, 1.82) is 0 Å². The van der Waals surface area contributed by atoms with Crippen molar-refractivity contribution < 1.29 is 52.5 Å². The van der Waals surface area contributed by atoms with Gasteiger partial charge in [-0.3, -0.25) is 24.0 Å². The molecule has 0 aromatic carbocycles. The second kappa shape index (κ2) is 7.38. The van der Waals surface area contributed by atoms with Gasteiger partial charge in [0.15, 0.2) is 5.76 Å². The number of esters is 5. The van der Waals surface area contributed by atoms with Gasteiger partial charge in [-0.1, -0.05) is 20.8 Å². The fourth-order valence-electron chi connectivity index (χ4n) is 6.48. The van der Waals surface area contributed by atoms with Gasteiger partial charge in [-0.2, -0.15) is 0 Å². The zero-order valence-electron chi connectivity index (χ0n) is 19.7. The summed E-state index contributed by atoms with van der Waals surface area (Å²) in [5, 5.41) is 0. The lowest BCUT2D eigenvalue weighted by molar-refractivity contribution is -0.220. The molecule has 11 nitrogen and oxygen atoms in total. The third-order valence-corrected chi connectivity index (χ3v) is 7.27. The van der Waals surface area contributed by atoms with Crippen molar-refractivity contribution in [2.45, 2.75) is 66.5 Å². The van der Waals surface area contributed by atoms with E-state index in [1.807, 2.05) is 20.8 Å². The maximum absolute atomic E-state index is 13.3. The molecule has 0 radical (unpaired) electrons. The predicted molar refractivity (Wildman–Crippen MR) is 108 cm³/mol. The molecule has 2 aliphatic heterocycles. The van der Waals surface area contributed by atoms with Gasteiger partial charge in [0.05, 0.1) is 5.41 Å². The highest BCUT2D eigenvalue weighted by Gasteiger charge is 2.87. The molecule has 2 spiro atoms. The number of ketones is 1. The van der Waals surface area contributed by atoms with Crippen LogP contribution in [-0.2, 0) is 52.5 Å². The van der Waals surface area contributed by atoms with Crippen LogP contribution in [0.4, 0.5) is 0 Å². The molecule has 0 bridgehead atoms. The minimum atomic E-state index is -1.72. The number of hydrogen-bond donors (Lipinski definition) is 0. The largest absolute Gasteiger partial charge is 0.461 e. The molecule has 1 saturated carbocycles. The molecule has 4 aliphatic rings. The molecular weight excluding hydrogens is 452 g/mol. The van der Waals surface area contributed by atoms with Gasteiger partial charge in [0.1, 0.15) is 17.4 Å². The van der Waals surface area contributed by atoms with Crippen molar-refractivity contribution in [3.05, 3.63) is 11.8 Å². The van der Waals surface area contributed by atoms with Gasteiger partial charge < -0.3 is 23.7 Å². The van der Waals surface area contributed by atoms with E-state index in [0.717, 1.165) is 20.8 Å². The quantitative estimate of drug-likeness (QED) is 0.324. The Hall–Kier alpha value is -3.24. The number of Topliss-reactive ketones (excluding diaryl/α,β-unsaturated/α-hetero) is 1. The summed E-state index contributed by atoms with van der Waals surface area (Å²) in [5.41, 5.74) is -4.00. The summed E-state index contributed by atoms with van der Waals surface area (Å²) >= 11 is 0. The molecule has 2 unspecified atom stereocenters. The highest BCUT2D eigenvalue weighted by Crippen LogP contribution is 2.75. The molecule has 0 aromatic heterocycles. The fourth-order valence-corrected chi connectivity index (χ4v) is 6.48. The molecular formula is C23H26O11. The Bertz CT molecular complexity index is 1050. The van der Waals surface area contributed by atoms with Gasteiger partial charge >= 0.3 is 29.8 Å². The maximum atomic E-state index is 13.3. The standard InChI is InChI=1S/C23H26O11/c1-9(24)30-12-8-22-14(33-18(28)15(22)16(12)27)7-13(21(4,5)6)23(22)17(31-10(2)25)19(29)34-20(23)32-11(3)26/h8,13-15,17,20H,7H2,1-6H3/t13-,14?,15-,17-,20+,22?,23-/m0/s1. The van der Waals surface area contributed by atoms with Gasteiger partial charge in [0.2, 0.25) is 11.9 Å². The summed E-state index contributed by atoms with van der Waals surface area (Å²) in [6.07, 6.45) is -2.74. The summed E-state index contributed by atoms with van der Waals surface area (Å²) < 4.78 is 27.2. The molecule has 0 amide bonds. The van der Waals surface area contributed by atoms with Crippen LogP contribution in [0.1, 0.15) is 48.0 Å². The lowest BCUT2D eigenvalue weighted by Gasteiger charge is -2.49. The Labute approximate surface area is 195 Å². The van der Waals surface area contributed by atoms with Crippen LogP contribution in [0.2, 0.25) is 0 Å². The Morgan fingerprint density at radius 2 is 1.56 bits per heavy atom. The van der Waals surface area contributed by atoms with Gasteiger partial charge in [0, 0.05) is 20.8 Å². The van der Waals surface area contributed by atoms with Crippen molar-refractivity contribution in [2.75, 3.05) is 0 Å². The van der Waals surface area contributed by atoms with Gasteiger partial charge in [-0.15, -0.1) is 0 Å². The number of carbonyl (C=O) groups is 6. The first-order valence-electron chi connectivity index (χ1n) is 10.9. The van der Waals surface area contributed by atoms with Crippen molar-refractivity contribution in [3.63, 3.8) is 0 Å². The number of cyclic esters (lactones) is 1. The molecule has 7 atom stereocenters. The van der Waals surface area contributed by atoms with Crippen LogP contribution in [0.5, 0.6) is 0 Å². The molecule has 2 heterocycles. The third kappa shape index (κ3) is 2.94. The van der Waals surface area contributed by atoms with Crippen molar-refractivity contribution in [1.82, 2.24) is 0 Å². The Balaban J connectivity index is 2.07. The normalized spacial score (nSPS) is 38.1. The zero-order chi connectivity index (χ0) is 25.4.